The molecular weight excluding hydrogens is 312 g/mol. The zero-order valence-electron chi connectivity index (χ0n) is 11.0. The molecule has 0 radical (unpaired) electrons. The van der Waals surface area contributed by atoms with Gasteiger partial charge in [0.25, 0.3) is 0 Å². The van der Waals surface area contributed by atoms with E-state index in [0.717, 1.165) is 28.6 Å². The van der Waals surface area contributed by atoms with Crippen LogP contribution in [0.5, 0.6) is 0 Å². The zero-order chi connectivity index (χ0) is 15.5. The van der Waals surface area contributed by atoms with Gasteiger partial charge in [0.05, 0.1) is 5.69 Å². The fourth-order valence-electron chi connectivity index (χ4n) is 1.73. The van der Waals surface area contributed by atoms with Gasteiger partial charge in [-0.25, -0.2) is 8.78 Å². The highest BCUT2D eigenvalue weighted by atomic mass is 32.1. The molecule has 0 fully saturated rings. The van der Waals surface area contributed by atoms with Crippen molar-refractivity contribution in [3.05, 3.63) is 46.7 Å². The minimum atomic E-state index is -0.722. The molecule has 3 rings (SSSR count). The lowest BCUT2D eigenvalue weighted by Gasteiger charge is -2.05. The van der Waals surface area contributed by atoms with Crippen LogP contribution in [0.25, 0.3) is 11.4 Å². The zero-order valence-corrected chi connectivity index (χ0v) is 11.8. The van der Waals surface area contributed by atoms with Gasteiger partial charge in [0, 0.05) is 17.0 Å². The minimum Gasteiger partial charge on any atom is -0.322 e. The molecule has 0 spiro atoms. The van der Waals surface area contributed by atoms with Crippen molar-refractivity contribution in [3.63, 3.8) is 0 Å². The fourth-order valence-corrected chi connectivity index (χ4v) is 2.36. The normalized spacial score (nSPS) is 10.6. The van der Waals surface area contributed by atoms with Crippen LogP contribution in [0, 0.1) is 11.6 Å². The van der Waals surface area contributed by atoms with Crippen LogP contribution in [-0.4, -0.2) is 26.1 Å². The molecule has 0 saturated heterocycles. The Morgan fingerprint density at radius 1 is 1.32 bits per heavy atom. The first kappa shape index (κ1) is 14.3. The molecule has 0 unspecified atom stereocenters. The lowest BCUT2D eigenvalue weighted by Crippen LogP contribution is -2.21. The maximum absolute atomic E-state index is 13.4. The summed E-state index contributed by atoms with van der Waals surface area (Å²) < 4.78 is 26.5. The first-order valence-electron chi connectivity index (χ1n) is 6.17. The molecular formula is C13H9F2N5OS. The van der Waals surface area contributed by atoms with Gasteiger partial charge in [0.15, 0.2) is 0 Å². The molecule has 2 aromatic heterocycles. The largest absolute Gasteiger partial charge is 0.322 e. The summed E-state index contributed by atoms with van der Waals surface area (Å²) in [4.78, 5) is 12.9. The molecule has 2 heterocycles. The summed E-state index contributed by atoms with van der Waals surface area (Å²) in [5.74, 6) is -1.56. The smallest absolute Gasteiger partial charge is 0.248 e. The molecule has 1 N–H and O–H groups in total. The van der Waals surface area contributed by atoms with E-state index in [1.165, 1.54) is 11.3 Å². The van der Waals surface area contributed by atoms with Crippen molar-refractivity contribution in [2.24, 2.45) is 0 Å². The highest BCUT2D eigenvalue weighted by Crippen LogP contribution is 2.17. The number of carbonyl (C=O) groups excluding carboxylic acids is 1. The number of anilines is 1. The Bertz CT molecular complexity index is 803. The molecule has 0 aliphatic carbocycles. The Morgan fingerprint density at radius 3 is 2.95 bits per heavy atom. The standard InChI is InChI=1S/C13H9F2N5OS/c14-9-1-2-10(15)11(5-9)16-12(21)6-20-18-13(17-19-20)8-3-4-22-7-8/h1-5,7H,6H2,(H,16,21). The number of tetrazole rings is 1. The molecule has 1 amide bonds. The fraction of sp³-hybridized carbons (Fsp3) is 0.0769. The van der Waals surface area contributed by atoms with Crippen LogP contribution in [0.3, 0.4) is 0 Å². The highest BCUT2D eigenvalue weighted by Gasteiger charge is 2.12. The molecule has 1 aromatic carbocycles. The van der Waals surface area contributed by atoms with E-state index in [0.29, 0.717) is 5.82 Å². The lowest BCUT2D eigenvalue weighted by molar-refractivity contribution is -0.117. The van der Waals surface area contributed by atoms with E-state index >= 15 is 0 Å². The summed E-state index contributed by atoms with van der Waals surface area (Å²) >= 11 is 1.49. The number of halogens is 2. The van der Waals surface area contributed by atoms with Crippen molar-refractivity contribution < 1.29 is 13.6 Å². The molecule has 0 bridgehead atoms. The molecule has 6 nitrogen and oxygen atoms in total. The van der Waals surface area contributed by atoms with Crippen molar-refractivity contribution >= 4 is 22.9 Å². The summed E-state index contributed by atoms with van der Waals surface area (Å²) in [6.07, 6.45) is 0. The molecule has 0 atom stereocenters. The molecule has 0 aliphatic rings. The van der Waals surface area contributed by atoms with E-state index in [9.17, 15) is 13.6 Å². The quantitative estimate of drug-likeness (QED) is 0.800. The topological polar surface area (TPSA) is 72.7 Å². The molecule has 112 valence electrons. The maximum Gasteiger partial charge on any atom is 0.248 e. The number of rotatable bonds is 4. The summed E-state index contributed by atoms with van der Waals surface area (Å²) in [6, 6.07) is 4.64. The number of thiophene rings is 1. The van der Waals surface area contributed by atoms with Crippen LogP contribution in [0.4, 0.5) is 14.5 Å². The molecule has 22 heavy (non-hydrogen) atoms. The average molecular weight is 321 g/mol. The van der Waals surface area contributed by atoms with Crippen LogP contribution >= 0.6 is 11.3 Å². The molecule has 0 saturated carbocycles. The number of hydrogen-bond donors (Lipinski definition) is 1. The Balaban J connectivity index is 1.68. The predicted octanol–water partition coefficient (Wildman–Crippen LogP) is 2.32. The van der Waals surface area contributed by atoms with Crippen LogP contribution in [0.15, 0.2) is 35.0 Å². The Labute approximate surface area is 127 Å². The third-order valence-electron chi connectivity index (χ3n) is 2.72. The third kappa shape index (κ3) is 3.14. The summed E-state index contributed by atoms with van der Waals surface area (Å²) in [5, 5.41) is 17.6. The van der Waals surface area contributed by atoms with Gasteiger partial charge < -0.3 is 5.32 Å². The first-order chi connectivity index (χ1) is 10.6. The summed E-state index contributed by atoms with van der Waals surface area (Å²) in [6.45, 7) is -0.257. The van der Waals surface area contributed by atoms with Crippen LogP contribution < -0.4 is 5.32 Å². The first-order valence-corrected chi connectivity index (χ1v) is 7.11. The van der Waals surface area contributed by atoms with Crippen molar-refractivity contribution in [3.8, 4) is 11.4 Å². The number of carbonyl (C=O) groups is 1. The average Bonchev–Trinajstić information content (AvgIpc) is 3.13. The van der Waals surface area contributed by atoms with Gasteiger partial charge in [0.2, 0.25) is 11.7 Å². The van der Waals surface area contributed by atoms with Crippen molar-refractivity contribution in [2.45, 2.75) is 6.54 Å². The van der Waals surface area contributed by atoms with E-state index in [1.807, 2.05) is 16.8 Å². The number of amides is 1. The number of nitrogens with zero attached hydrogens (tertiary/aromatic N) is 4. The Kier molecular flexibility index (Phi) is 3.88. The van der Waals surface area contributed by atoms with Gasteiger partial charge in [-0.05, 0) is 28.8 Å². The molecule has 3 aromatic rings. The van der Waals surface area contributed by atoms with Gasteiger partial charge in [-0.1, -0.05) is 0 Å². The summed E-state index contributed by atoms with van der Waals surface area (Å²) in [7, 11) is 0. The number of aromatic nitrogens is 4. The van der Waals surface area contributed by atoms with E-state index in [4.69, 9.17) is 0 Å². The van der Waals surface area contributed by atoms with Gasteiger partial charge in [0.1, 0.15) is 18.2 Å². The number of nitrogens with one attached hydrogen (secondary N) is 1. The molecule has 0 aliphatic heterocycles. The Morgan fingerprint density at radius 2 is 2.18 bits per heavy atom. The number of benzene rings is 1. The third-order valence-corrected chi connectivity index (χ3v) is 3.40. The SMILES string of the molecule is O=C(Cn1nnc(-c2ccsc2)n1)Nc1cc(F)ccc1F. The Hall–Kier alpha value is -2.68. The number of hydrogen-bond acceptors (Lipinski definition) is 5. The predicted molar refractivity (Wildman–Crippen MR) is 76.1 cm³/mol. The van der Waals surface area contributed by atoms with Crippen LogP contribution in [-0.2, 0) is 11.3 Å². The minimum absolute atomic E-state index is 0.233. The maximum atomic E-state index is 13.4. The molecule has 9 heteroatoms. The van der Waals surface area contributed by atoms with Crippen LogP contribution in [0.1, 0.15) is 0 Å². The monoisotopic (exact) mass is 321 g/mol. The van der Waals surface area contributed by atoms with Crippen molar-refractivity contribution in [1.82, 2.24) is 20.2 Å². The van der Waals surface area contributed by atoms with Gasteiger partial charge >= 0.3 is 0 Å². The second-order valence-electron chi connectivity index (χ2n) is 4.33. The second-order valence-corrected chi connectivity index (χ2v) is 5.11. The van der Waals surface area contributed by atoms with Gasteiger partial charge in [-0.15, -0.1) is 10.2 Å². The second kappa shape index (κ2) is 5.98. The van der Waals surface area contributed by atoms with E-state index < -0.39 is 17.5 Å². The van der Waals surface area contributed by atoms with Crippen molar-refractivity contribution in [1.29, 1.82) is 0 Å². The van der Waals surface area contributed by atoms with E-state index in [-0.39, 0.29) is 12.2 Å². The van der Waals surface area contributed by atoms with E-state index in [1.54, 1.807) is 0 Å². The van der Waals surface area contributed by atoms with Gasteiger partial charge in [-0.3, -0.25) is 4.79 Å². The van der Waals surface area contributed by atoms with E-state index in [2.05, 4.69) is 20.7 Å². The summed E-state index contributed by atoms with van der Waals surface area (Å²) in [5.41, 5.74) is 0.566. The van der Waals surface area contributed by atoms with Gasteiger partial charge in [-0.2, -0.15) is 16.1 Å². The van der Waals surface area contributed by atoms with Crippen molar-refractivity contribution in [2.75, 3.05) is 5.32 Å². The lowest BCUT2D eigenvalue weighted by atomic mass is 10.3. The van der Waals surface area contributed by atoms with Crippen LogP contribution in [0.2, 0.25) is 0 Å². The highest BCUT2D eigenvalue weighted by molar-refractivity contribution is 7.08.